The highest BCUT2D eigenvalue weighted by Crippen LogP contribution is 2.24. The van der Waals surface area contributed by atoms with Crippen molar-refractivity contribution in [3.05, 3.63) is 34.6 Å². The predicted molar refractivity (Wildman–Crippen MR) is 65.6 cm³/mol. The normalized spacial score (nSPS) is 12.8. The summed E-state index contributed by atoms with van der Waals surface area (Å²) in [5.41, 5.74) is 3.24. The Morgan fingerprint density at radius 1 is 1.44 bits per heavy atom. The number of unbranched alkanes of at least 4 members (excludes halogenated alkanes) is 2. The third-order valence-corrected chi connectivity index (χ3v) is 2.87. The van der Waals surface area contributed by atoms with E-state index in [4.69, 9.17) is 17.4 Å². The van der Waals surface area contributed by atoms with Gasteiger partial charge in [0, 0.05) is 16.6 Å². The second-order valence-electron chi connectivity index (χ2n) is 3.88. The van der Waals surface area contributed by atoms with E-state index >= 15 is 0 Å². The van der Waals surface area contributed by atoms with Gasteiger partial charge in [-0.15, -0.1) is 0 Å². The molecule has 4 heteroatoms. The Labute approximate surface area is 101 Å². The predicted octanol–water partition coefficient (Wildman–Crippen LogP) is 3.56. The van der Waals surface area contributed by atoms with E-state index in [2.05, 4.69) is 12.3 Å². The first-order chi connectivity index (χ1) is 7.69. The number of rotatable bonds is 6. The van der Waals surface area contributed by atoms with E-state index in [0.29, 0.717) is 10.6 Å². The number of nitrogens with two attached hydrogens (primary N) is 1. The van der Waals surface area contributed by atoms with Gasteiger partial charge >= 0.3 is 0 Å². The zero-order valence-electron chi connectivity index (χ0n) is 9.47. The second-order valence-corrected chi connectivity index (χ2v) is 4.32. The summed E-state index contributed by atoms with van der Waals surface area (Å²) in [5.74, 6) is 5.15. The molecule has 0 aliphatic heterocycles. The Kier molecular flexibility index (Phi) is 5.74. The van der Waals surface area contributed by atoms with Gasteiger partial charge in [-0.05, 0) is 18.6 Å². The van der Waals surface area contributed by atoms with Crippen molar-refractivity contribution in [2.24, 2.45) is 5.84 Å². The third-order valence-electron chi connectivity index (χ3n) is 2.64. The van der Waals surface area contributed by atoms with Gasteiger partial charge < -0.3 is 0 Å². The zero-order chi connectivity index (χ0) is 12.0. The van der Waals surface area contributed by atoms with Gasteiger partial charge in [0.05, 0.1) is 0 Å². The summed E-state index contributed by atoms with van der Waals surface area (Å²) in [7, 11) is 0. The molecule has 0 bridgehead atoms. The zero-order valence-corrected chi connectivity index (χ0v) is 10.2. The van der Waals surface area contributed by atoms with Crippen molar-refractivity contribution in [1.29, 1.82) is 0 Å². The molecule has 0 fully saturated rings. The Morgan fingerprint density at radius 2 is 2.19 bits per heavy atom. The van der Waals surface area contributed by atoms with Gasteiger partial charge in [-0.25, -0.2) is 4.39 Å². The fourth-order valence-electron chi connectivity index (χ4n) is 1.71. The van der Waals surface area contributed by atoms with Crippen molar-refractivity contribution in [3.63, 3.8) is 0 Å². The lowest BCUT2D eigenvalue weighted by molar-refractivity contribution is 0.464. The van der Waals surface area contributed by atoms with Crippen LogP contribution >= 0.6 is 11.6 Å². The number of benzene rings is 1. The molecule has 2 nitrogen and oxygen atoms in total. The van der Waals surface area contributed by atoms with Crippen molar-refractivity contribution in [3.8, 4) is 0 Å². The molecule has 0 aliphatic rings. The van der Waals surface area contributed by atoms with Gasteiger partial charge in [0.15, 0.2) is 0 Å². The van der Waals surface area contributed by atoms with Gasteiger partial charge in [-0.3, -0.25) is 11.3 Å². The molecule has 0 heterocycles. The highest BCUT2D eigenvalue weighted by atomic mass is 35.5. The largest absolute Gasteiger partial charge is 0.271 e. The van der Waals surface area contributed by atoms with E-state index in [0.717, 1.165) is 25.7 Å². The van der Waals surface area contributed by atoms with Crippen LogP contribution < -0.4 is 11.3 Å². The van der Waals surface area contributed by atoms with Gasteiger partial charge in [0.1, 0.15) is 5.82 Å². The summed E-state index contributed by atoms with van der Waals surface area (Å²) in [6.45, 7) is 2.13. The molecule has 1 atom stereocenters. The topological polar surface area (TPSA) is 38.0 Å². The van der Waals surface area contributed by atoms with E-state index in [9.17, 15) is 4.39 Å². The maximum absolute atomic E-state index is 13.6. The minimum absolute atomic E-state index is 0.135. The molecule has 90 valence electrons. The van der Waals surface area contributed by atoms with Crippen LogP contribution in [0.25, 0.3) is 0 Å². The summed E-state index contributed by atoms with van der Waals surface area (Å²) in [5, 5.41) is 0.408. The molecule has 0 radical (unpaired) electrons. The highest BCUT2D eigenvalue weighted by molar-refractivity contribution is 6.30. The Balaban J connectivity index is 2.70. The van der Waals surface area contributed by atoms with Crippen molar-refractivity contribution < 1.29 is 4.39 Å². The third kappa shape index (κ3) is 3.74. The van der Waals surface area contributed by atoms with Crippen LogP contribution in [0.3, 0.4) is 0 Å². The fraction of sp³-hybridized carbons (Fsp3) is 0.500. The molecule has 1 aromatic rings. The first kappa shape index (κ1) is 13.4. The number of hydrogen-bond donors (Lipinski definition) is 2. The minimum Gasteiger partial charge on any atom is -0.271 e. The number of hydrazine groups is 1. The van der Waals surface area contributed by atoms with Crippen LogP contribution in [0.2, 0.25) is 5.02 Å². The Hall–Kier alpha value is -0.640. The van der Waals surface area contributed by atoms with Crippen LogP contribution in [0.5, 0.6) is 0 Å². The van der Waals surface area contributed by atoms with Crippen molar-refractivity contribution in [2.75, 3.05) is 0 Å². The summed E-state index contributed by atoms with van der Waals surface area (Å²) in [6, 6.07) is 4.56. The monoisotopic (exact) mass is 244 g/mol. The molecule has 0 aromatic heterocycles. The molecule has 1 unspecified atom stereocenters. The summed E-state index contributed by atoms with van der Waals surface area (Å²) < 4.78 is 13.6. The van der Waals surface area contributed by atoms with Crippen LogP contribution in [0.15, 0.2) is 18.2 Å². The smallest absolute Gasteiger partial charge is 0.129 e. The summed E-state index contributed by atoms with van der Waals surface area (Å²) in [4.78, 5) is 0. The summed E-state index contributed by atoms with van der Waals surface area (Å²) >= 11 is 5.70. The quantitative estimate of drug-likeness (QED) is 0.456. The Bertz CT molecular complexity index is 331. The van der Waals surface area contributed by atoms with E-state index in [1.54, 1.807) is 12.1 Å². The highest BCUT2D eigenvalue weighted by Gasteiger charge is 2.13. The molecule has 0 saturated carbocycles. The van der Waals surface area contributed by atoms with Crippen molar-refractivity contribution >= 4 is 11.6 Å². The van der Waals surface area contributed by atoms with Gasteiger partial charge in [-0.1, -0.05) is 43.9 Å². The lowest BCUT2D eigenvalue weighted by Crippen LogP contribution is -2.28. The van der Waals surface area contributed by atoms with Crippen LogP contribution in [-0.4, -0.2) is 0 Å². The van der Waals surface area contributed by atoms with E-state index in [1.807, 2.05) is 0 Å². The van der Waals surface area contributed by atoms with Crippen molar-refractivity contribution in [1.82, 2.24) is 5.43 Å². The lowest BCUT2D eigenvalue weighted by Gasteiger charge is -2.16. The molecule has 0 aliphatic carbocycles. The molecular weight excluding hydrogens is 227 g/mol. The second kappa shape index (κ2) is 6.84. The number of nitrogens with one attached hydrogen (secondary N) is 1. The molecule has 16 heavy (non-hydrogen) atoms. The van der Waals surface area contributed by atoms with Crippen LogP contribution in [-0.2, 0) is 0 Å². The van der Waals surface area contributed by atoms with Crippen LogP contribution in [0.1, 0.15) is 44.2 Å². The van der Waals surface area contributed by atoms with Gasteiger partial charge in [0.25, 0.3) is 0 Å². The molecular formula is C12H18ClFN2. The fourth-order valence-corrected chi connectivity index (χ4v) is 1.87. The Morgan fingerprint density at radius 3 is 2.75 bits per heavy atom. The van der Waals surface area contributed by atoms with E-state index in [1.165, 1.54) is 6.07 Å². The van der Waals surface area contributed by atoms with Crippen molar-refractivity contribution in [2.45, 2.75) is 38.6 Å². The van der Waals surface area contributed by atoms with E-state index in [-0.39, 0.29) is 11.9 Å². The number of halogens is 2. The maximum Gasteiger partial charge on any atom is 0.129 e. The number of hydrogen-bond acceptors (Lipinski definition) is 2. The van der Waals surface area contributed by atoms with Gasteiger partial charge in [0.2, 0.25) is 0 Å². The molecule has 1 aromatic carbocycles. The summed E-state index contributed by atoms with van der Waals surface area (Å²) in [6.07, 6.45) is 4.14. The first-order valence-corrected chi connectivity index (χ1v) is 5.98. The molecule has 1 rings (SSSR count). The minimum atomic E-state index is -0.299. The average molecular weight is 245 g/mol. The SMILES string of the molecule is CCCCCC(NN)c1ccc(Cl)cc1F. The molecule has 3 N–H and O–H groups in total. The van der Waals surface area contributed by atoms with E-state index < -0.39 is 0 Å². The van der Waals surface area contributed by atoms with Crippen LogP contribution in [0.4, 0.5) is 4.39 Å². The van der Waals surface area contributed by atoms with Crippen LogP contribution in [0, 0.1) is 5.82 Å². The average Bonchev–Trinajstić information content (AvgIpc) is 2.26. The van der Waals surface area contributed by atoms with Gasteiger partial charge in [-0.2, -0.15) is 0 Å². The lowest BCUT2D eigenvalue weighted by atomic mass is 10.0. The molecule has 0 amide bonds. The molecule has 0 saturated heterocycles. The maximum atomic E-state index is 13.6. The molecule has 0 spiro atoms. The first-order valence-electron chi connectivity index (χ1n) is 5.60. The standard InChI is InChI=1S/C12H18ClFN2/c1-2-3-4-5-12(16-15)10-7-6-9(13)8-11(10)14/h6-8,12,16H,2-5,15H2,1H3.